The summed E-state index contributed by atoms with van der Waals surface area (Å²) in [5, 5.41) is 4.28. The molecular weight excluding hydrogens is 440 g/mol. The molecule has 12 heteroatoms. The molecule has 3 rings (SSSR count). The van der Waals surface area contributed by atoms with Gasteiger partial charge in [-0.1, -0.05) is 20.8 Å². The van der Waals surface area contributed by atoms with Crippen LogP contribution in [0.2, 0.25) is 0 Å². The molecule has 0 aliphatic carbocycles. The summed E-state index contributed by atoms with van der Waals surface area (Å²) in [5.41, 5.74) is 0.785. The van der Waals surface area contributed by atoms with Gasteiger partial charge in [-0.05, 0) is 37.3 Å². The highest BCUT2D eigenvalue weighted by molar-refractivity contribution is 7.93. The van der Waals surface area contributed by atoms with Gasteiger partial charge in [0, 0.05) is 36.2 Å². The SMILES string of the molecule is Cc1ccnc(NS(=O)(=O)c2ccc(NS(=O)(=O)c3cn(C)nc3C(C)(C)C)cc2)n1. The lowest BCUT2D eigenvalue weighted by Crippen LogP contribution is -2.20. The molecule has 0 aliphatic heterocycles. The van der Waals surface area contributed by atoms with E-state index in [4.69, 9.17) is 0 Å². The molecule has 0 saturated heterocycles. The Bertz CT molecular complexity index is 1310. The van der Waals surface area contributed by atoms with E-state index in [0.717, 1.165) is 0 Å². The van der Waals surface area contributed by atoms with Crippen LogP contribution in [0.1, 0.15) is 32.2 Å². The van der Waals surface area contributed by atoms with Crippen LogP contribution in [-0.2, 0) is 32.5 Å². The van der Waals surface area contributed by atoms with Crippen LogP contribution in [0.25, 0.3) is 0 Å². The van der Waals surface area contributed by atoms with Crippen molar-refractivity contribution in [2.24, 2.45) is 7.05 Å². The molecule has 2 N–H and O–H groups in total. The maximum Gasteiger partial charge on any atom is 0.265 e. The average Bonchev–Trinajstić information content (AvgIpc) is 3.05. The van der Waals surface area contributed by atoms with Crippen molar-refractivity contribution in [3.05, 3.63) is 54.1 Å². The molecule has 166 valence electrons. The standard InChI is InChI=1S/C19H24N6O4S2/c1-13-10-11-20-18(21-13)24-30(26,27)15-8-6-14(7-9-15)23-31(28,29)16-12-25(5)22-17(16)19(2,3)4/h6-12,23H,1-5H3,(H,20,21,24). The van der Waals surface area contributed by atoms with E-state index in [9.17, 15) is 16.8 Å². The van der Waals surface area contributed by atoms with Gasteiger partial charge in [-0.15, -0.1) is 0 Å². The lowest BCUT2D eigenvalue weighted by molar-refractivity contribution is 0.539. The molecule has 0 bridgehead atoms. The van der Waals surface area contributed by atoms with E-state index in [0.29, 0.717) is 11.4 Å². The average molecular weight is 465 g/mol. The summed E-state index contributed by atoms with van der Waals surface area (Å²) >= 11 is 0. The monoisotopic (exact) mass is 464 g/mol. The number of aromatic nitrogens is 4. The zero-order chi connectivity index (χ0) is 23.0. The van der Waals surface area contributed by atoms with E-state index in [1.165, 1.54) is 41.3 Å². The first-order chi connectivity index (χ1) is 14.3. The van der Waals surface area contributed by atoms with Crippen LogP contribution in [0.3, 0.4) is 0 Å². The van der Waals surface area contributed by atoms with Crippen molar-refractivity contribution in [1.29, 1.82) is 0 Å². The molecule has 31 heavy (non-hydrogen) atoms. The van der Waals surface area contributed by atoms with Crippen LogP contribution in [-0.4, -0.2) is 36.6 Å². The number of benzene rings is 1. The van der Waals surface area contributed by atoms with Crippen molar-refractivity contribution in [3.63, 3.8) is 0 Å². The Balaban J connectivity index is 1.84. The second kappa shape index (κ2) is 7.93. The minimum atomic E-state index is -3.93. The van der Waals surface area contributed by atoms with E-state index in [1.807, 2.05) is 20.8 Å². The van der Waals surface area contributed by atoms with E-state index in [-0.39, 0.29) is 21.4 Å². The topological polar surface area (TPSA) is 136 Å². The molecule has 0 fully saturated rings. The molecule has 0 atom stereocenters. The molecule has 0 amide bonds. The number of hydrogen-bond acceptors (Lipinski definition) is 7. The minimum Gasteiger partial charge on any atom is -0.280 e. The van der Waals surface area contributed by atoms with Gasteiger partial charge in [-0.25, -0.2) is 31.5 Å². The van der Waals surface area contributed by atoms with Gasteiger partial charge >= 0.3 is 0 Å². The molecule has 0 aliphatic rings. The highest BCUT2D eigenvalue weighted by atomic mass is 32.2. The Morgan fingerprint density at radius 2 is 1.58 bits per heavy atom. The molecule has 2 heterocycles. The van der Waals surface area contributed by atoms with Crippen LogP contribution in [0, 0.1) is 6.92 Å². The molecular formula is C19H24N6O4S2. The van der Waals surface area contributed by atoms with Crippen molar-refractivity contribution >= 4 is 31.7 Å². The van der Waals surface area contributed by atoms with Gasteiger partial charge in [0.15, 0.2) is 0 Å². The zero-order valence-corrected chi connectivity index (χ0v) is 19.4. The van der Waals surface area contributed by atoms with Crippen LogP contribution in [0.5, 0.6) is 0 Å². The molecule has 3 aromatic rings. The van der Waals surface area contributed by atoms with E-state index in [2.05, 4.69) is 24.5 Å². The minimum absolute atomic E-state index is 0.0453. The maximum absolute atomic E-state index is 12.9. The summed E-state index contributed by atoms with van der Waals surface area (Å²) in [6.07, 6.45) is 2.88. The number of aryl methyl sites for hydroxylation is 2. The second-order valence-electron chi connectivity index (χ2n) is 8.02. The van der Waals surface area contributed by atoms with Gasteiger partial charge in [-0.3, -0.25) is 9.40 Å². The fourth-order valence-corrected chi connectivity index (χ4v) is 5.17. The normalized spacial score (nSPS) is 12.5. The first-order valence-corrected chi connectivity index (χ1v) is 12.2. The van der Waals surface area contributed by atoms with Crippen LogP contribution in [0.15, 0.2) is 52.5 Å². The molecule has 0 unspecified atom stereocenters. The zero-order valence-electron chi connectivity index (χ0n) is 17.8. The highest BCUT2D eigenvalue weighted by Gasteiger charge is 2.29. The van der Waals surface area contributed by atoms with Gasteiger partial charge in [0.05, 0.1) is 10.6 Å². The van der Waals surface area contributed by atoms with Crippen LogP contribution in [0.4, 0.5) is 11.6 Å². The maximum atomic E-state index is 12.9. The van der Waals surface area contributed by atoms with Crippen molar-refractivity contribution in [3.8, 4) is 0 Å². The fourth-order valence-electron chi connectivity index (χ4n) is 2.77. The Kier molecular flexibility index (Phi) is 5.80. The Morgan fingerprint density at radius 3 is 2.16 bits per heavy atom. The molecule has 0 spiro atoms. The number of sulfonamides is 2. The van der Waals surface area contributed by atoms with Crippen LogP contribution >= 0.6 is 0 Å². The van der Waals surface area contributed by atoms with Gasteiger partial charge in [-0.2, -0.15) is 5.10 Å². The first kappa shape index (κ1) is 22.7. The Labute approximate surface area is 181 Å². The van der Waals surface area contributed by atoms with Crippen molar-refractivity contribution in [1.82, 2.24) is 19.7 Å². The Morgan fingerprint density at radius 1 is 0.935 bits per heavy atom. The predicted molar refractivity (Wildman–Crippen MR) is 117 cm³/mol. The summed E-state index contributed by atoms with van der Waals surface area (Å²) in [4.78, 5) is 7.90. The number of anilines is 2. The smallest absolute Gasteiger partial charge is 0.265 e. The molecule has 0 radical (unpaired) electrons. The largest absolute Gasteiger partial charge is 0.280 e. The highest BCUT2D eigenvalue weighted by Crippen LogP contribution is 2.29. The van der Waals surface area contributed by atoms with Crippen LogP contribution < -0.4 is 9.44 Å². The van der Waals surface area contributed by atoms with Gasteiger partial charge in [0.1, 0.15) is 4.90 Å². The molecule has 2 aromatic heterocycles. The lowest BCUT2D eigenvalue weighted by Gasteiger charge is -2.18. The number of nitrogens with one attached hydrogen (secondary N) is 2. The lowest BCUT2D eigenvalue weighted by atomic mass is 9.92. The summed E-state index contributed by atoms with van der Waals surface area (Å²) in [5.74, 6) is -0.0453. The quantitative estimate of drug-likeness (QED) is 0.572. The number of rotatable bonds is 6. The molecule has 10 nitrogen and oxygen atoms in total. The summed E-state index contributed by atoms with van der Waals surface area (Å²) < 4.78 is 57.2. The number of hydrogen-bond donors (Lipinski definition) is 2. The second-order valence-corrected chi connectivity index (χ2v) is 11.4. The first-order valence-electron chi connectivity index (χ1n) is 9.27. The predicted octanol–water partition coefficient (Wildman–Crippen LogP) is 2.42. The van der Waals surface area contributed by atoms with E-state index < -0.39 is 25.5 Å². The third-order valence-electron chi connectivity index (χ3n) is 4.23. The van der Waals surface area contributed by atoms with Crippen molar-refractivity contribution in [2.45, 2.75) is 42.9 Å². The summed E-state index contributed by atoms with van der Waals surface area (Å²) in [6.45, 7) is 7.34. The van der Waals surface area contributed by atoms with Crippen molar-refractivity contribution < 1.29 is 16.8 Å². The third kappa shape index (κ3) is 5.20. The van der Waals surface area contributed by atoms with Gasteiger partial charge in [0.2, 0.25) is 5.95 Å². The van der Waals surface area contributed by atoms with Gasteiger partial charge in [0.25, 0.3) is 20.0 Å². The third-order valence-corrected chi connectivity index (χ3v) is 6.96. The van der Waals surface area contributed by atoms with Gasteiger partial charge < -0.3 is 0 Å². The molecule has 1 aromatic carbocycles. The van der Waals surface area contributed by atoms with E-state index >= 15 is 0 Å². The Hall–Kier alpha value is -2.99. The van der Waals surface area contributed by atoms with E-state index in [1.54, 1.807) is 20.0 Å². The summed E-state index contributed by atoms with van der Waals surface area (Å²) in [7, 11) is -6.21. The summed E-state index contributed by atoms with van der Waals surface area (Å²) in [6, 6.07) is 6.98. The molecule has 0 saturated carbocycles. The number of nitrogens with zero attached hydrogens (tertiary/aromatic N) is 4. The van der Waals surface area contributed by atoms with Crippen molar-refractivity contribution in [2.75, 3.05) is 9.44 Å². The fraction of sp³-hybridized carbons (Fsp3) is 0.316.